The number of hydrogen-bond acceptors (Lipinski definition) is 1. The summed E-state index contributed by atoms with van der Waals surface area (Å²) < 4.78 is 24.7. The van der Waals surface area contributed by atoms with E-state index >= 15 is 0 Å². The van der Waals surface area contributed by atoms with E-state index < -0.39 is 6.43 Å². The monoisotopic (exact) mass is 213 g/mol. The van der Waals surface area contributed by atoms with Crippen LogP contribution in [-0.4, -0.2) is 6.43 Å². The highest BCUT2D eigenvalue weighted by Crippen LogP contribution is 2.22. The summed E-state index contributed by atoms with van der Waals surface area (Å²) in [6.45, 7) is 12.4. The first-order chi connectivity index (χ1) is 7.04. The molecule has 0 aromatic rings. The Morgan fingerprint density at radius 1 is 1.47 bits per heavy atom. The van der Waals surface area contributed by atoms with Crippen LogP contribution in [-0.2, 0) is 0 Å². The minimum absolute atomic E-state index is 0.0545. The standard InChI is InChI=1S/C10H11F2N.C2H6/c1-4-8(10(11)12)9(5-6-13)7(2)3;1-2/h4,10H,1-2,5H2,3H3;1-2H3/b9-8+;. The number of hydrogen-bond donors (Lipinski definition) is 0. The molecule has 0 aliphatic rings. The lowest BCUT2D eigenvalue weighted by Crippen LogP contribution is -2.00. The van der Waals surface area contributed by atoms with Crippen molar-refractivity contribution in [3.05, 3.63) is 36.0 Å². The fourth-order valence-electron chi connectivity index (χ4n) is 0.922. The molecule has 84 valence electrons. The minimum Gasteiger partial charge on any atom is -0.205 e. The van der Waals surface area contributed by atoms with Gasteiger partial charge < -0.3 is 0 Å². The zero-order valence-corrected chi connectivity index (χ0v) is 9.48. The summed E-state index contributed by atoms with van der Waals surface area (Å²) in [5.74, 6) is 0. The predicted octanol–water partition coefficient (Wildman–Crippen LogP) is 4.25. The lowest BCUT2D eigenvalue weighted by Gasteiger charge is -2.08. The number of halogens is 2. The van der Waals surface area contributed by atoms with Crippen LogP contribution in [0.1, 0.15) is 27.2 Å². The van der Waals surface area contributed by atoms with Crippen molar-refractivity contribution in [1.82, 2.24) is 0 Å². The molecule has 0 aliphatic carbocycles. The van der Waals surface area contributed by atoms with Gasteiger partial charge in [0.15, 0.2) is 0 Å². The van der Waals surface area contributed by atoms with Crippen molar-refractivity contribution >= 4 is 0 Å². The molecule has 0 aliphatic heterocycles. The molecule has 0 saturated carbocycles. The van der Waals surface area contributed by atoms with E-state index in [2.05, 4.69) is 13.2 Å². The van der Waals surface area contributed by atoms with Gasteiger partial charge in [-0.25, -0.2) is 8.78 Å². The molecule has 0 heterocycles. The van der Waals surface area contributed by atoms with Gasteiger partial charge in [0, 0.05) is 5.57 Å². The quantitative estimate of drug-likeness (QED) is 0.640. The summed E-state index contributed by atoms with van der Waals surface area (Å²) in [6.07, 6.45) is -1.58. The number of nitrogens with zero attached hydrogens (tertiary/aromatic N) is 1. The fourth-order valence-corrected chi connectivity index (χ4v) is 0.922. The normalized spacial score (nSPS) is 10.7. The summed E-state index contributed by atoms with van der Waals surface area (Å²) in [7, 11) is 0. The second-order valence-corrected chi connectivity index (χ2v) is 2.55. The minimum atomic E-state index is -2.60. The van der Waals surface area contributed by atoms with E-state index in [1.54, 1.807) is 6.92 Å². The van der Waals surface area contributed by atoms with Crippen LogP contribution in [0, 0.1) is 11.3 Å². The molecule has 0 spiro atoms. The molecule has 0 radical (unpaired) electrons. The highest BCUT2D eigenvalue weighted by molar-refractivity contribution is 5.39. The van der Waals surface area contributed by atoms with Gasteiger partial charge in [-0.1, -0.05) is 38.7 Å². The van der Waals surface area contributed by atoms with Gasteiger partial charge in [-0.2, -0.15) is 5.26 Å². The molecule has 0 saturated heterocycles. The maximum atomic E-state index is 12.4. The predicted molar refractivity (Wildman–Crippen MR) is 59.6 cm³/mol. The topological polar surface area (TPSA) is 23.8 Å². The van der Waals surface area contributed by atoms with Crippen LogP contribution < -0.4 is 0 Å². The summed E-state index contributed by atoms with van der Waals surface area (Å²) in [6, 6.07) is 1.82. The smallest absolute Gasteiger partial charge is 0.205 e. The Morgan fingerprint density at radius 2 is 1.93 bits per heavy atom. The average Bonchev–Trinajstić information content (AvgIpc) is 2.20. The number of allylic oxidation sites excluding steroid dienone is 4. The van der Waals surface area contributed by atoms with Crippen LogP contribution in [0.4, 0.5) is 8.78 Å². The first-order valence-corrected chi connectivity index (χ1v) is 4.71. The molecule has 0 atom stereocenters. The third-order valence-electron chi connectivity index (χ3n) is 1.57. The molecule has 1 nitrogen and oxygen atoms in total. The van der Waals surface area contributed by atoms with Crippen molar-refractivity contribution in [3.63, 3.8) is 0 Å². The van der Waals surface area contributed by atoms with Crippen LogP contribution in [0.2, 0.25) is 0 Å². The first kappa shape index (κ1) is 16.0. The third-order valence-corrected chi connectivity index (χ3v) is 1.57. The van der Waals surface area contributed by atoms with Crippen molar-refractivity contribution in [2.75, 3.05) is 0 Å². The second-order valence-electron chi connectivity index (χ2n) is 2.55. The number of alkyl halides is 2. The lowest BCUT2D eigenvalue weighted by atomic mass is 10.00. The van der Waals surface area contributed by atoms with Gasteiger partial charge in [-0.05, 0) is 12.5 Å². The molecule has 0 amide bonds. The largest absolute Gasteiger partial charge is 0.264 e. The van der Waals surface area contributed by atoms with Crippen molar-refractivity contribution in [1.29, 1.82) is 5.26 Å². The van der Waals surface area contributed by atoms with Crippen molar-refractivity contribution in [2.24, 2.45) is 0 Å². The summed E-state index contributed by atoms with van der Waals surface area (Å²) in [5.41, 5.74) is 0.568. The van der Waals surface area contributed by atoms with E-state index in [9.17, 15) is 8.78 Å². The van der Waals surface area contributed by atoms with E-state index in [0.29, 0.717) is 5.57 Å². The van der Waals surface area contributed by atoms with Crippen LogP contribution in [0.25, 0.3) is 0 Å². The van der Waals surface area contributed by atoms with E-state index in [1.807, 2.05) is 19.9 Å². The Hall–Kier alpha value is -1.43. The molecular formula is C12H17F2N. The average molecular weight is 213 g/mol. The maximum Gasteiger partial charge on any atom is 0.264 e. The molecule has 0 fully saturated rings. The molecule has 0 N–H and O–H groups in total. The third kappa shape index (κ3) is 5.79. The maximum absolute atomic E-state index is 12.4. The molecule has 0 aromatic heterocycles. The van der Waals surface area contributed by atoms with Gasteiger partial charge in [0.25, 0.3) is 6.43 Å². The first-order valence-electron chi connectivity index (χ1n) is 4.71. The van der Waals surface area contributed by atoms with Crippen LogP contribution >= 0.6 is 0 Å². The summed E-state index contributed by atoms with van der Waals surface area (Å²) >= 11 is 0. The summed E-state index contributed by atoms with van der Waals surface area (Å²) in [5, 5.41) is 8.41. The molecule has 0 rings (SSSR count). The summed E-state index contributed by atoms with van der Waals surface area (Å²) in [4.78, 5) is 0. The Kier molecular flexibility index (Phi) is 9.76. The zero-order chi connectivity index (χ0) is 12.4. The molecule has 0 bridgehead atoms. The Bertz CT molecular complexity index is 282. The second kappa shape index (κ2) is 9.14. The Morgan fingerprint density at radius 3 is 2.13 bits per heavy atom. The Balaban J connectivity index is 0. The molecule has 0 aromatic carbocycles. The van der Waals surface area contributed by atoms with Crippen LogP contribution in [0.15, 0.2) is 36.0 Å². The molecule has 3 heteroatoms. The van der Waals surface area contributed by atoms with Crippen LogP contribution in [0.3, 0.4) is 0 Å². The van der Waals surface area contributed by atoms with E-state index in [-0.39, 0.29) is 17.6 Å². The SMILES string of the molecule is C=C/C(=C(/CC#N)C(=C)C)C(F)F.CC. The molecule has 15 heavy (non-hydrogen) atoms. The van der Waals surface area contributed by atoms with Gasteiger partial charge in [0.05, 0.1) is 12.5 Å². The van der Waals surface area contributed by atoms with Gasteiger partial charge in [0.2, 0.25) is 0 Å². The highest BCUT2D eigenvalue weighted by atomic mass is 19.3. The van der Waals surface area contributed by atoms with E-state index in [1.165, 1.54) is 0 Å². The fraction of sp³-hybridized carbons (Fsp3) is 0.417. The Labute approximate surface area is 90.4 Å². The van der Waals surface area contributed by atoms with E-state index in [0.717, 1.165) is 6.08 Å². The van der Waals surface area contributed by atoms with Gasteiger partial charge in [-0.15, -0.1) is 0 Å². The van der Waals surface area contributed by atoms with Crippen molar-refractivity contribution in [2.45, 2.75) is 33.6 Å². The number of nitriles is 1. The number of rotatable bonds is 4. The highest BCUT2D eigenvalue weighted by Gasteiger charge is 2.13. The van der Waals surface area contributed by atoms with Gasteiger partial charge in [0.1, 0.15) is 0 Å². The van der Waals surface area contributed by atoms with Gasteiger partial charge >= 0.3 is 0 Å². The molecule has 0 unspecified atom stereocenters. The van der Waals surface area contributed by atoms with Crippen molar-refractivity contribution < 1.29 is 8.78 Å². The van der Waals surface area contributed by atoms with E-state index in [4.69, 9.17) is 5.26 Å². The van der Waals surface area contributed by atoms with Gasteiger partial charge in [-0.3, -0.25) is 0 Å². The molecular weight excluding hydrogens is 196 g/mol. The lowest BCUT2D eigenvalue weighted by molar-refractivity contribution is 0.193. The van der Waals surface area contributed by atoms with Crippen LogP contribution in [0.5, 0.6) is 0 Å². The van der Waals surface area contributed by atoms with Crippen molar-refractivity contribution in [3.8, 4) is 6.07 Å². The zero-order valence-electron chi connectivity index (χ0n) is 9.48.